The lowest BCUT2D eigenvalue weighted by Gasteiger charge is -2.46. The summed E-state index contributed by atoms with van der Waals surface area (Å²) >= 11 is 0. The molecule has 3 fully saturated rings. The van der Waals surface area contributed by atoms with E-state index in [0.29, 0.717) is 6.04 Å². The minimum atomic E-state index is -0.273. The topological polar surface area (TPSA) is 50.5 Å². The molecular weight excluding hydrogens is 266 g/mol. The van der Waals surface area contributed by atoms with Gasteiger partial charge in [-0.15, -0.1) is 0 Å². The lowest BCUT2D eigenvalue weighted by Crippen LogP contribution is -2.55. The summed E-state index contributed by atoms with van der Waals surface area (Å²) in [5, 5.41) is 10.3. The Hall–Kier alpha value is -0.910. The van der Waals surface area contributed by atoms with Gasteiger partial charge in [0.2, 0.25) is 0 Å². The summed E-state index contributed by atoms with van der Waals surface area (Å²) in [6, 6.07) is 0.696. The number of aliphatic hydroxyl groups is 1. The van der Waals surface area contributed by atoms with Crippen molar-refractivity contribution < 1.29 is 9.84 Å². The van der Waals surface area contributed by atoms with Gasteiger partial charge >= 0.3 is 0 Å². The highest BCUT2D eigenvalue weighted by Crippen LogP contribution is 2.37. The van der Waals surface area contributed by atoms with Crippen LogP contribution in [0.15, 0.2) is 12.5 Å². The van der Waals surface area contributed by atoms with Gasteiger partial charge in [-0.05, 0) is 38.5 Å². The average molecular weight is 291 g/mol. The lowest BCUT2D eigenvalue weighted by atomic mass is 9.82. The molecule has 0 aromatic carbocycles. The second kappa shape index (κ2) is 5.38. The molecule has 2 saturated heterocycles. The van der Waals surface area contributed by atoms with Gasteiger partial charge in [0.25, 0.3) is 0 Å². The molecule has 116 valence electrons. The first kappa shape index (κ1) is 13.7. The fraction of sp³-hybridized carbons (Fsp3) is 0.812. The maximum atomic E-state index is 10.3. The van der Waals surface area contributed by atoms with E-state index in [1.54, 1.807) is 0 Å². The molecule has 4 rings (SSSR count). The zero-order valence-corrected chi connectivity index (χ0v) is 12.6. The molecule has 1 spiro atoms. The van der Waals surface area contributed by atoms with E-state index in [1.807, 2.05) is 12.5 Å². The molecule has 1 saturated carbocycles. The molecular formula is C16H25N3O2. The fourth-order valence-corrected chi connectivity index (χ4v) is 3.84. The molecule has 21 heavy (non-hydrogen) atoms. The smallest absolute Gasteiger partial charge is 0.0964 e. The summed E-state index contributed by atoms with van der Waals surface area (Å²) in [6.45, 7) is 3.80. The molecule has 1 N–H and O–H groups in total. The number of rotatable bonds is 3. The number of hydrogen-bond acceptors (Lipinski definition) is 4. The van der Waals surface area contributed by atoms with E-state index in [1.165, 1.54) is 18.5 Å². The molecule has 0 amide bonds. The van der Waals surface area contributed by atoms with Crippen LogP contribution in [0.25, 0.3) is 0 Å². The summed E-state index contributed by atoms with van der Waals surface area (Å²) in [7, 11) is 0. The summed E-state index contributed by atoms with van der Waals surface area (Å²) in [5.41, 5.74) is 1.07. The lowest BCUT2D eigenvalue weighted by molar-refractivity contribution is -0.177. The number of imidazole rings is 1. The zero-order valence-electron chi connectivity index (χ0n) is 12.6. The molecule has 1 aliphatic carbocycles. The maximum absolute atomic E-state index is 10.3. The van der Waals surface area contributed by atoms with Crippen molar-refractivity contribution in [1.82, 2.24) is 14.5 Å². The predicted octanol–water partition coefficient (Wildman–Crippen LogP) is 1.72. The highest BCUT2D eigenvalue weighted by molar-refractivity contribution is 5.04. The molecule has 0 radical (unpaired) electrons. The third-order valence-electron chi connectivity index (χ3n) is 5.39. The molecule has 1 atom stereocenters. The highest BCUT2D eigenvalue weighted by atomic mass is 16.5. The zero-order chi connectivity index (χ0) is 14.3. The van der Waals surface area contributed by atoms with E-state index in [4.69, 9.17) is 4.74 Å². The molecule has 1 aromatic rings. The standard InChI is InChI=1S/C16H25N3O2/c20-15-2-1-9-21-16(15)5-7-18(8-6-16)11-14-10-17-12-19(14)13-3-4-13/h10,12-13,15,20H,1-9,11H2/t15-/m0/s1. The summed E-state index contributed by atoms with van der Waals surface area (Å²) in [6.07, 6.45) is 10.1. The van der Waals surface area contributed by atoms with Crippen molar-refractivity contribution in [3.8, 4) is 0 Å². The second-order valence-corrected chi connectivity index (χ2v) is 6.87. The van der Waals surface area contributed by atoms with Crippen LogP contribution >= 0.6 is 0 Å². The third-order valence-corrected chi connectivity index (χ3v) is 5.39. The van der Waals surface area contributed by atoms with Crippen LogP contribution in [0.1, 0.15) is 50.3 Å². The Morgan fingerprint density at radius 3 is 2.81 bits per heavy atom. The quantitative estimate of drug-likeness (QED) is 0.921. The van der Waals surface area contributed by atoms with Crippen molar-refractivity contribution in [2.45, 2.75) is 62.8 Å². The van der Waals surface area contributed by atoms with Crippen molar-refractivity contribution in [1.29, 1.82) is 0 Å². The minimum Gasteiger partial charge on any atom is -0.390 e. The number of nitrogens with zero attached hydrogens (tertiary/aromatic N) is 3. The average Bonchev–Trinajstić information content (AvgIpc) is 3.25. The normalized spacial score (nSPS) is 29.9. The Kier molecular flexibility index (Phi) is 3.52. The number of ether oxygens (including phenoxy) is 1. The van der Waals surface area contributed by atoms with Crippen LogP contribution in [-0.4, -0.2) is 51.0 Å². The number of aliphatic hydroxyl groups excluding tert-OH is 1. The molecule has 5 nitrogen and oxygen atoms in total. The van der Waals surface area contributed by atoms with E-state index >= 15 is 0 Å². The van der Waals surface area contributed by atoms with Crippen molar-refractivity contribution in [2.24, 2.45) is 0 Å². The first-order valence-corrected chi connectivity index (χ1v) is 8.32. The van der Waals surface area contributed by atoms with Gasteiger partial charge < -0.3 is 14.4 Å². The largest absolute Gasteiger partial charge is 0.390 e. The van der Waals surface area contributed by atoms with E-state index in [9.17, 15) is 5.11 Å². The van der Waals surface area contributed by atoms with Crippen LogP contribution in [0.3, 0.4) is 0 Å². The van der Waals surface area contributed by atoms with Gasteiger partial charge in [0, 0.05) is 38.5 Å². The van der Waals surface area contributed by atoms with E-state index < -0.39 is 0 Å². The van der Waals surface area contributed by atoms with Crippen molar-refractivity contribution in [3.05, 3.63) is 18.2 Å². The molecule has 1 aromatic heterocycles. The van der Waals surface area contributed by atoms with Crippen molar-refractivity contribution >= 4 is 0 Å². The summed E-state index contributed by atoms with van der Waals surface area (Å²) in [5.74, 6) is 0. The van der Waals surface area contributed by atoms with Gasteiger partial charge in [-0.3, -0.25) is 4.90 Å². The number of aromatic nitrogens is 2. The van der Waals surface area contributed by atoms with Gasteiger partial charge in [-0.2, -0.15) is 0 Å². The Morgan fingerprint density at radius 2 is 2.10 bits per heavy atom. The molecule has 3 heterocycles. The Morgan fingerprint density at radius 1 is 1.29 bits per heavy atom. The highest BCUT2D eigenvalue weighted by Gasteiger charge is 2.43. The van der Waals surface area contributed by atoms with Crippen LogP contribution in [-0.2, 0) is 11.3 Å². The minimum absolute atomic E-state index is 0.258. The number of hydrogen-bond donors (Lipinski definition) is 1. The number of likely N-dealkylation sites (tertiary alicyclic amines) is 1. The summed E-state index contributed by atoms with van der Waals surface area (Å²) in [4.78, 5) is 6.79. The SMILES string of the molecule is O[C@H]1CCCOC12CCN(Cc1cncn1C1CC1)CC2. The van der Waals surface area contributed by atoms with Crippen molar-refractivity contribution in [3.63, 3.8) is 0 Å². The van der Waals surface area contributed by atoms with E-state index in [2.05, 4.69) is 14.5 Å². The molecule has 5 heteroatoms. The third kappa shape index (κ3) is 2.62. The van der Waals surface area contributed by atoms with Gasteiger partial charge in [0.15, 0.2) is 0 Å². The Balaban J connectivity index is 1.37. The first-order chi connectivity index (χ1) is 10.3. The van der Waals surface area contributed by atoms with Crippen LogP contribution in [0.5, 0.6) is 0 Å². The monoisotopic (exact) mass is 291 g/mol. The molecule has 0 bridgehead atoms. The van der Waals surface area contributed by atoms with Gasteiger partial charge in [-0.25, -0.2) is 4.98 Å². The Labute approximate surface area is 125 Å². The van der Waals surface area contributed by atoms with Crippen molar-refractivity contribution in [2.75, 3.05) is 19.7 Å². The van der Waals surface area contributed by atoms with Crippen LogP contribution < -0.4 is 0 Å². The first-order valence-electron chi connectivity index (χ1n) is 8.32. The maximum Gasteiger partial charge on any atom is 0.0964 e. The van der Waals surface area contributed by atoms with Crippen LogP contribution in [0.4, 0.5) is 0 Å². The number of piperidine rings is 1. The summed E-state index contributed by atoms with van der Waals surface area (Å²) < 4.78 is 8.32. The predicted molar refractivity (Wildman–Crippen MR) is 78.9 cm³/mol. The van der Waals surface area contributed by atoms with Gasteiger partial charge in [-0.1, -0.05) is 0 Å². The Bertz CT molecular complexity index is 489. The fourth-order valence-electron chi connectivity index (χ4n) is 3.84. The van der Waals surface area contributed by atoms with Crippen LogP contribution in [0, 0.1) is 0 Å². The van der Waals surface area contributed by atoms with E-state index in [0.717, 1.165) is 51.9 Å². The van der Waals surface area contributed by atoms with Gasteiger partial charge in [0.05, 0.1) is 23.7 Å². The molecule has 3 aliphatic rings. The van der Waals surface area contributed by atoms with Crippen LogP contribution in [0.2, 0.25) is 0 Å². The molecule has 2 aliphatic heterocycles. The molecule has 0 unspecified atom stereocenters. The second-order valence-electron chi connectivity index (χ2n) is 6.87. The van der Waals surface area contributed by atoms with E-state index in [-0.39, 0.29) is 11.7 Å². The van der Waals surface area contributed by atoms with Gasteiger partial charge in [0.1, 0.15) is 0 Å².